The quantitative estimate of drug-likeness (QED) is 0.264. The Balaban J connectivity index is 1.43. The monoisotopic (exact) mass is 541 g/mol. The van der Waals surface area contributed by atoms with Crippen molar-refractivity contribution in [1.82, 2.24) is 0 Å². The molecule has 0 saturated heterocycles. The number of carbonyl (C=O) groups excluding carboxylic acids is 1. The maximum Gasteiger partial charge on any atom is 0.425 e. The second-order valence-corrected chi connectivity index (χ2v) is 14.5. The van der Waals surface area contributed by atoms with E-state index in [0.29, 0.717) is 30.1 Å². The summed E-state index contributed by atoms with van der Waals surface area (Å²) in [5.74, 6) is 1.08. The van der Waals surface area contributed by atoms with Gasteiger partial charge in [0.05, 0.1) is 5.60 Å². The zero-order valence-electron chi connectivity index (χ0n) is 24.2. The Morgan fingerprint density at radius 1 is 1.08 bits per heavy atom. The number of rotatable bonds is 7. The minimum atomic E-state index is -4.60. The number of ether oxygens (including phenoxy) is 1. The molecule has 0 aromatic carbocycles. The number of aliphatic hydroxyl groups is 1. The van der Waals surface area contributed by atoms with Crippen LogP contribution in [0.3, 0.4) is 0 Å². The van der Waals surface area contributed by atoms with Crippen molar-refractivity contribution in [3.05, 3.63) is 11.6 Å². The van der Waals surface area contributed by atoms with Crippen LogP contribution in [-0.2, 0) is 9.53 Å². The Morgan fingerprint density at radius 2 is 1.76 bits per heavy atom. The fourth-order valence-electron chi connectivity index (χ4n) is 9.18. The second kappa shape index (κ2) is 10.4. The van der Waals surface area contributed by atoms with Crippen LogP contribution in [-0.4, -0.2) is 35.0 Å². The fraction of sp³-hybridized carbons (Fsp3) is 0.903. The minimum absolute atomic E-state index is 0.124. The predicted molar refractivity (Wildman–Crippen MR) is 143 cm³/mol. The minimum Gasteiger partial charge on any atom is -0.452 e. The molecule has 0 spiro atoms. The molecular formula is C31H50F3NO3. The molecule has 7 heteroatoms. The van der Waals surface area contributed by atoms with E-state index < -0.39 is 29.9 Å². The van der Waals surface area contributed by atoms with E-state index in [9.17, 15) is 23.1 Å². The fourth-order valence-corrected chi connectivity index (χ4v) is 9.18. The average molecular weight is 542 g/mol. The van der Waals surface area contributed by atoms with Crippen LogP contribution in [0.4, 0.5) is 13.2 Å². The Morgan fingerprint density at radius 3 is 2.39 bits per heavy atom. The van der Waals surface area contributed by atoms with Gasteiger partial charge in [0.25, 0.3) is 0 Å². The SMILES string of the molecule is CC(C)C(N)C(=O)O[C@H](CC[C@@H](C)[C@H]1CC[C@H]2[C@@H]3CC=C4C[C@@](C)(O)CC[C@]4(C)[C@H]3CC[C@]12C)C(F)(F)F. The molecule has 0 aromatic heterocycles. The molecule has 38 heavy (non-hydrogen) atoms. The summed E-state index contributed by atoms with van der Waals surface area (Å²) in [6, 6.07) is -1.05. The number of carbonyl (C=O) groups is 1. The normalized spacial score (nSPS) is 41.4. The van der Waals surface area contributed by atoms with Crippen LogP contribution < -0.4 is 5.73 Å². The lowest BCUT2D eigenvalue weighted by Crippen LogP contribution is -2.52. The topological polar surface area (TPSA) is 72.6 Å². The molecule has 1 unspecified atom stereocenters. The van der Waals surface area contributed by atoms with Gasteiger partial charge in [-0.15, -0.1) is 0 Å². The van der Waals surface area contributed by atoms with E-state index in [1.165, 1.54) is 5.57 Å². The van der Waals surface area contributed by atoms with Gasteiger partial charge in [-0.1, -0.05) is 46.3 Å². The summed E-state index contributed by atoms with van der Waals surface area (Å²) < 4.78 is 46.3. The Kier molecular flexibility index (Phi) is 8.18. The summed E-state index contributed by atoms with van der Waals surface area (Å²) in [6.07, 6.45) is 4.10. The van der Waals surface area contributed by atoms with Crippen molar-refractivity contribution in [2.75, 3.05) is 0 Å². The first-order valence-corrected chi connectivity index (χ1v) is 14.9. The van der Waals surface area contributed by atoms with Gasteiger partial charge in [-0.05, 0) is 117 Å². The molecule has 0 aliphatic heterocycles. The van der Waals surface area contributed by atoms with Crippen LogP contribution in [0.5, 0.6) is 0 Å². The van der Waals surface area contributed by atoms with E-state index in [-0.39, 0.29) is 29.1 Å². The maximum atomic E-state index is 13.8. The number of fused-ring (bicyclic) bond motifs is 5. The molecular weight excluding hydrogens is 491 g/mol. The van der Waals surface area contributed by atoms with Crippen molar-refractivity contribution in [3.63, 3.8) is 0 Å². The molecule has 3 N–H and O–H groups in total. The van der Waals surface area contributed by atoms with Crippen LogP contribution in [0.2, 0.25) is 0 Å². The standard InChI is InChI=1S/C31H50F3NO3/c1-18(2)26(35)27(36)38-25(31(32,33)34)12-7-19(3)22-10-11-23-21-9-8-20-17-28(4,37)15-16-29(20,5)24(21)13-14-30(22,23)6/h8,18-19,21-26,37H,7,9-17,35H2,1-6H3/t19-,21+,22-,23+,24+,25-,26?,28+,29+,30-/m1/s1. The van der Waals surface area contributed by atoms with Gasteiger partial charge in [-0.2, -0.15) is 13.2 Å². The second-order valence-electron chi connectivity index (χ2n) is 14.5. The van der Waals surface area contributed by atoms with Crippen molar-refractivity contribution in [3.8, 4) is 0 Å². The van der Waals surface area contributed by atoms with E-state index in [0.717, 1.165) is 51.4 Å². The summed E-state index contributed by atoms with van der Waals surface area (Å²) >= 11 is 0. The third kappa shape index (κ3) is 5.44. The van der Waals surface area contributed by atoms with Crippen molar-refractivity contribution in [1.29, 1.82) is 0 Å². The summed E-state index contributed by atoms with van der Waals surface area (Å²) in [5.41, 5.74) is 6.90. The van der Waals surface area contributed by atoms with Crippen LogP contribution in [0.1, 0.15) is 106 Å². The molecule has 0 bridgehead atoms. The largest absolute Gasteiger partial charge is 0.452 e. The van der Waals surface area contributed by atoms with Gasteiger partial charge in [0.1, 0.15) is 6.04 Å². The highest BCUT2D eigenvalue weighted by Crippen LogP contribution is 2.67. The van der Waals surface area contributed by atoms with Crippen LogP contribution in [0.25, 0.3) is 0 Å². The zero-order chi connectivity index (χ0) is 28.3. The first kappa shape index (κ1) is 29.9. The van der Waals surface area contributed by atoms with Crippen molar-refractivity contribution >= 4 is 5.97 Å². The number of nitrogens with two attached hydrogens (primary N) is 1. The molecule has 3 fully saturated rings. The van der Waals surface area contributed by atoms with Crippen molar-refractivity contribution < 1.29 is 27.8 Å². The molecule has 0 amide bonds. The Hall–Kier alpha value is -1.08. The lowest BCUT2D eigenvalue weighted by molar-refractivity contribution is -0.224. The summed E-state index contributed by atoms with van der Waals surface area (Å²) in [5, 5.41) is 10.7. The molecule has 218 valence electrons. The number of alkyl halides is 3. The number of halogens is 3. The summed E-state index contributed by atoms with van der Waals surface area (Å²) in [7, 11) is 0. The molecule has 4 aliphatic rings. The third-order valence-electron chi connectivity index (χ3n) is 11.6. The summed E-state index contributed by atoms with van der Waals surface area (Å²) in [6.45, 7) is 12.3. The van der Waals surface area contributed by atoms with Crippen molar-refractivity contribution in [2.24, 2.45) is 52.1 Å². The highest BCUT2D eigenvalue weighted by Gasteiger charge is 2.59. The molecule has 0 radical (unpaired) electrons. The molecule has 0 heterocycles. The first-order chi connectivity index (χ1) is 17.5. The zero-order valence-corrected chi connectivity index (χ0v) is 24.2. The highest BCUT2D eigenvalue weighted by molar-refractivity contribution is 5.76. The van der Waals surface area contributed by atoms with E-state index >= 15 is 0 Å². The maximum absolute atomic E-state index is 13.8. The van der Waals surface area contributed by atoms with Gasteiger partial charge in [0.2, 0.25) is 0 Å². The lowest BCUT2D eigenvalue weighted by Gasteiger charge is -2.59. The van der Waals surface area contributed by atoms with Gasteiger partial charge < -0.3 is 15.6 Å². The van der Waals surface area contributed by atoms with Crippen LogP contribution in [0.15, 0.2) is 11.6 Å². The van der Waals surface area contributed by atoms with Gasteiger partial charge in [0.15, 0.2) is 6.10 Å². The molecule has 10 atom stereocenters. The number of hydrogen-bond donors (Lipinski definition) is 2. The molecule has 4 aliphatic carbocycles. The van der Waals surface area contributed by atoms with Crippen LogP contribution in [0, 0.1) is 46.3 Å². The van der Waals surface area contributed by atoms with Crippen LogP contribution >= 0.6 is 0 Å². The number of hydrogen-bond acceptors (Lipinski definition) is 4. The molecule has 0 aromatic rings. The number of esters is 1. The van der Waals surface area contributed by atoms with Gasteiger partial charge in [0, 0.05) is 0 Å². The van der Waals surface area contributed by atoms with Gasteiger partial charge in [-0.25, -0.2) is 0 Å². The van der Waals surface area contributed by atoms with Gasteiger partial charge >= 0.3 is 12.1 Å². The van der Waals surface area contributed by atoms with E-state index in [4.69, 9.17) is 10.5 Å². The lowest BCUT2D eigenvalue weighted by atomic mass is 9.46. The average Bonchev–Trinajstić information content (AvgIpc) is 3.17. The van der Waals surface area contributed by atoms with E-state index in [1.54, 1.807) is 13.8 Å². The Labute approximate surface area is 227 Å². The molecule has 4 rings (SSSR count). The number of allylic oxidation sites excluding steroid dienone is 1. The molecule has 4 nitrogen and oxygen atoms in total. The van der Waals surface area contributed by atoms with E-state index in [1.807, 2.05) is 6.92 Å². The van der Waals surface area contributed by atoms with E-state index in [2.05, 4.69) is 26.8 Å². The molecule has 3 saturated carbocycles. The first-order valence-electron chi connectivity index (χ1n) is 14.9. The highest BCUT2D eigenvalue weighted by atomic mass is 19.4. The Bertz CT molecular complexity index is 915. The van der Waals surface area contributed by atoms with Crippen molar-refractivity contribution in [2.45, 2.75) is 130 Å². The predicted octanol–water partition coefficient (Wildman–Crippen LogP) is 7.19. The summed E-state index contributed by atoms with van der Waals surface area (Å²) in [4.78, 5) is 12.2. The smallest absolute Gasteiger partial charge is 0.425 e. The third-order valence-corrected chi connectivity index (χ3v) is 11.6. The van der Waals surface area contributed by atoms with Gasteiger partial charge in [-0.3, -0.25) is 4.79 Å².